The lowest BCUT2D eigenvalue weighted by atomic mass is 9.90. The van der Waals surface area contributed by atoms with E-state index in [0.29, 0.717) is 28.3 Å². The van der Waals surface area contributed by atoms with Crippen LogP contribution in [-0.4, -0.2) is 29.1 Å². The van der Waals surface area contributed by atoms with Crippen LogP contribution >= 0.6 is 22.9 Å². The molecule has 8 heteroatoms. The van der Waals surface area contributed by atoms with Crippen molar-refractivity contribution in [3.63, 3.8) is 0 Å². The van der Waals surface area contributed by atoms with E-state index in [1.165, 1.54) is 25.3 Å². The van der Waals surface area contributed by atoms with Gasteiger partial charge in [-0.3, -0.25) is 0 Å². The maximum Gasteiger partial charge on any atom is 0.250 e. The van der Waals surface area contributed by atoms with Crippen molar-refractivity contribution in [3.05, 3.63) is 35.4 Å². The number of hydrogen-bond donors (Lipinski definition) is 1. The summed E-state index contributed by atoms with van der Waals surface area (Å²) < 4.78 is 34.0. The third kappa shape index (κ3) is 5.38. The Morgan fingerprint density at radius 1 is 1.22 bits per heavy atom. The molecular formula is C19H25ClN2O3S2. The van der Waals surface area contributed by atoms with E-state index in [-0.39, 0.29) is 4.21 Å². The molecule has 0 bridgehead atoms. The first-order valence-corrected chi connectivity index (χ1v) is 11.8. The van der Waals surface area contributed by atoms with Crippen LogP contribution in [0.15, 0.2) is 34.5 Å². The number of halogens is 1. The van der Waals surface area contributed by atoms with Crippen molar-refractivity contribution in [2.45, 2.75) is 36.3 Å². The lowest BCUT2D eigenvalue weighted by Gasteiger charge is -2.21. The smallest absolute Gasteiger partial charge is 0.250 e. The number of benzene rings is 1. The fraction of sp³-hybridized carbons (Fsp3) is 0.474. The summed E-state index contributed by atoms with van der Waals surface area (Å²) in [5.74, 6) is 1.04. The molecule has 0 radical (unpaired) electrons. The molecule has 3 rings (SSSR count). The second-order valence-electron chi connectivity index (χ2n) is 7.05. The SMILES string of the molecule is CN(C)c1cccc(Oc2sc(S(=O)(=O)NCC3CCCCC3)cc2Cl)c1. The van der Waals surface area contributed by atoms with E-state index >= 15 is 0 Å². The van der Waals surface area contributed by atoms with Gasteiger partial charge in [-0.2, -0.15) is 0 Å². The van der Waals surface area contributed by atoms with Gasteiger partial charge in [0.1, 0.15) is 9.96 Å². The van der Waals surface area contributed by atoms with E-state index in [1.54, 1.807) is 0 Å². The number of nitrogens with zero attached hydrogens (tertiary/aromatic N) is 1. The highest BCUT2D eigenvalue weighted by Gasteiger charge is 2.23. The fourth-order valence-corrected chi connectivity index (χ4v) is 5.92. The Balaban J connectivity index is 1.70. The molecule has 0 amide bonds. The summed E-state index contributed by atoms with van der Waals surface area (Å²) in [6.45, 7) is 0.485. The quantitative estimate of drug-likeness (QED) is 0.665. The first-order chi connectivity index (χ1) is 12.8. The monoisotopic (exact) mass is 428 g/mol. The first kappa shape index (κ1) is 20.5. The van der Waals surface area contributed by atoms with Gasteiger partial charge in [-0.25, -0.2) is 13.1 Å². The molecule has 0 saturated heterocycles. The maximum absolute atomic E-state index is 12.6. The molecule has 1 saturated carbocycles. The minimum absolute atomic E-state index is 0.182. The molecule has 1 aromatic carbocycles. The second-order valence-corrected chi connectivity index (χ2v) is 10.5. The number of sulfonamides is 1. The van der Waals surface area contributed by atoms with E-state index in [9.17, 15) is 8.42 Å². The van der Waals surface area contributed by atoms with Crippen molar-refractivity contribution in [2.24, 2.45) is 5.92 Å². The third-order valence-corrected chi connectivity index (χ3v) is 8.03. The predicted molar refractivity (Wildman–Crippen MR) is 112 cm³/mol. The van der Waals surface area contributed by atoms with E-state index in [2.05, 4.69) is 4.72 Å². The van der Waals surface area contributed by atoms with Gasteiger partial charge >= 0.3 is 0 Å². The molecule has 0 aliphatic heterocycles. The first-order valence-electron chi connectivity index (χ1n) is 9.09. The Morgan fingerprint density at radius 3 is 2.67 bits per heavy atom. The number of ether oxygens (including phenoxy) is 1. The van der Waals surface area contributed by atoms with Gasteiger partial charge in [0, 0.05) is 32.4 Å². The molecule has 0 spiro atoms. The summed E-state index contributed by atoms with van der Waals surface area (Å²) in [6.07, 6.45) is 5.79. The largest absolute Gasteiger partial charge is 0.445 e. The van der Waals surface area contributed by atoms with Crippen molar-refractivity contribution >= 4 is 38.6 Å². The summed E-state index contributed by atoms with van der Waals surface area (Å²) >= 11 is 7.28. The van der Waals surface area contributed by atoms with Crippen LogP contribution in [-0.2, 0) is 10.0 Å². The van der Waals surface area contributed by atoms with Gasteiger partial charge in [-0.15, -0.1) is 0 Å². The molecule has 1 aliphatic rings. The highest BCUT2D eigenvalue weighted by atomic mass is 35.5. The van der Waals surface area contributed by atoms with Crippen molar-refractivity contribution < 1.29 is 13.2 Å². The van der Waals surface area contributed by atoms with Crippen LogP contribution < -0.4 is 14.4 Å². The summed E-state index contributed by atoms with van der Waals surface area (Å²) in [5, 5.41) is 0.680. The minimum Gasteiger partial charge on any atom is -0.445 e. The van der Waals surface area contributed by atoms with E-state index < -0.39 is 10.0 Å². The minimum atomic E-state index is -3.58. The molecule has 1 fully saturated rings. The average molecular weight is 429 g/mol. The third-order valence-electron chi connectivity index (χ3n) is 4.73. The van der Waals surface area contributed by atoms with Gasteiger partial charge in [0.15, 0.2) is 0 Å². The van der Waals surface area contributed by atoms with Gasteiger partial charge in [-0.05, 0) is 37.0 Å². The Bertz CT molecular complexity index is 875. The molecule has 2 aromatic rings. The normalized spacial score (nSPS) is 15.7. The number of nitrogens with one attached hydrogen (secondary N) is 1. The van der Waals surface area contributed by atoms with E-state index in [0.717, 1.165) is 29.9 Å². The van der Waals surface area contributed by atoms with Crippen LogP contribution in [0.2, 0.25) is 5.02 Å². The Labute approximate surface area is 170 Å². The fourth-order valence-electron chi connectivity index (χ4n) is 3.16. The molecular weight excluding hydrogens is 404 g/mol. The van der Waals surface area contributed by atoms with Crippen LogP contribution in [0.25, 0.3) is 0 Å². The molecule has 1 aromatic heterocycles. The molecule has 1 N–H and O–H groups in total. The van der Waals surface area contributed by atoms with Crippen molar-refractivity contribution in [3.8, 4) is 10.8 Å². The van der Waals surface area contributed by atoms with Crippen molar-refractivity contribution in [2.75, 3.05) is 25.5 Å². The summed E-state index contributed by atoms with van der Waals surface area (Å²) in [4.78, 5) is 1.97. The second kappa shape index (κ2) is 8.82. The maximum atomic E-state index is 12.6. The van der Waals surface area contributed by atoms with E-state index in [1.807, 2.05) is 43.3 Å². The van der Waals surface area contributed by atoms with Gasteiger partial charge in [-0.1, -0.05) is 48.3 Å². The van der Waals surface area contributed by atoms with Crippen LogP contribution in [0.3, 0.4) is 0 Å². The molecule has 5 nitrogen and oxygen atoms in total. The van der Waals surface area contributed by atoms with Gasteiger partial charge in [0.2, 0.25) is 15.1 Å². The topological polar surface area (TPSA) is 58.6 Å². The Hall–Kier alpha value is -1.28. The van der Waals surface area contributed by atoms with E-state index in [4.69, 9.17) is 16.3 Å². The zero-order chi connectivity index (χ0) is 19.4. The number of rotatable bonds is 7. The highest BCUT2D eigenvalue weighted by molar-refractivity contribution is 7.91. The Morgan fingerprint density at radius 2 is 1.96 bits per heavy atom. The molecule has 0 unspecified atom stereocenters. The van der Waals surface area contributed by atoms with Crippen LogP contribution in [0.4, 0.5) is 5.69 Å². The van der Waals surface area contributed by atoms with Crippen molar-refractivity contribution in [1.29, 1.82) is 0 Å². The molecule has 0 atom stereocenters. The van der Waals surface area contributed by atoms with Crippen molar-refractivity contribution in [1.82, 2.24) is 4.72 Å². The number of hydrogen-bond acceptors (Lipinski definition) is 5. The number of anilines is 1. The Kier molecular flexibility index (Phi) is 6.68. The zero-order valence-corrected chi connectivity index (χ0v) is 18.0. The van der Waals surface area contributed by atoms with Crippen LogP contribution in [0.1, 0.15) is 32.1 Å². The van der Waals surface area contributed by atoms with Crippen LogP contribution in [0.5, 0.6) is 10.8 Å². The average Bonchev–Trinajstić information content (AvgIpc) is 3.03. The zero-order valence-electron chi connectivity index (χ0n) is 15.6. The summed E-state index contributed by atoms with van der Waals surface area (Å²) in [7, 11) is 0.309. The molecule has 1 heterocycles. The summed E-state index contributed by atoms with van der Waals surface area (Å²) in [6, 6.07) is 9.01. The molecule has 148 valence electrons. The van der Waals surface area contributed by atoms with Crippen LogP contribution in [0, 0.1) is 5.92 Å². The molecule has 27 heavy (non-hydrogen) atoms. The molecule has 1 aliphatic carbocycles. The summed E-state index contributed by atoms with van der Waals surface area (Å²) in [5.41, 5.74) is 0.988. The number of thiophene rings is 1. The lowest BCUT2D eigenvalue weighted by molar-refractivity contribution is 0.357. The van der Waals surface area contributed by atoms with Gasteiger partial charge < -0.3 is 9.64 Å². The van der Waals surface area contributed by atoms with Gasteiger partial charge in [0.05, 0.1) is 5.02 Å². The standard InChI is InChI=1S/C19H25ClN2O3S2/c1-22(2)15-9-6-10-16(11-15)25-19-17(20)12-18(26-19)27(23,24)21-13-14-7-4-3-5-8-14/h6,9-12,14,21H,3-5,7-8,13H2,1-2H3. The highest BCUT2D eigenvalue weighted by Crippen LogP contribution is 2.40. The van der Waals surface area contributed by atoms with Gasteiger partial charge in [0.25, 0.3) is 0 Å². The lowest BCUT2D eigenvalue weighted by Crippen LogP contribution is -2.29. The predicted octanol–water partition coefficient (Wildman–Crippen LogP) is 5.12.